The van der Waals surface area contributed by atoms with Crippen LogP contribution >= 0.6 is 27.5 Å². The number of halogens is 4. The van der Waals surface area contributed by atoms with Crippen LogP contribution in [-0.2, 0) is 5.88 Å². The molecule has 2 nitrogen and oxygen atoms in total. The molecule has 0 saturated carbocycles. The first-order valence-corrected chi connectivity index (χ1v) is 4.64. The summed E-state index contributed by atoms with van der Waals surface area (Å²) < 4.78 is 25.0. The largest absolute Gasteiger partial charge is 0.328 e. The Kier molecular flexibility index (Phi) is 3.44. The average Bonchev–Trinajstić information content (AvgIpc) is 2.07. The Labute approximate surface area is 86.0 Å². The predicted molar refractivity (Wildman–Crippen MR) is 49.3 cm³/mol. The minimum absolute atomic E-state index is 0.0916. The molecule has 13 heavy (non-hydrogen) atoms. The van der Waals surface area contributed by atoms with Crippen LogP contribution in [0.15, 0.2) is 15.5 Å². The van der Waals surface area contributed by atoms with Crippen LogP contribution in [0.3, 0.4) is 0 Å². The number of aromatic nitrogens is 1. The van der Waals surface area contributed by atoms with Crippen LogP contribution < -0.4 is 5.56 Å². The molecule has 0 unspecified atom stereocenters. The maximum Gasteiger partial charge on any atom is 0.265 e. The Balaban J connectivity index is 3.44. The SMILES string of the molecule is O=c1[nH]cc(Br)c(C(F)F)c1CCl. The molecule has 0 saturated heterocycles. The Hall–Kier alpha value is -0.420. The van der Waals surface area contributed by atoms with Crippen LogP contribution in [0.5, 0.6) is 0 Å². The fraction of sp³-hybridized carbons (Fsp3) is 0.286. The zero-order chi connectivity index (χ0) is 10.0. The van der Waals surface area contributed by atoms with Gasteiger partial charge in [0.15, 0.2) is 0 Å². The van der Waals surface area contributed by atoms with Crippen molar-refractivity contribution in [1.82, 2.24) is 4.98 Å². The van der Waals surface area contributed by atoms with Crippen LogP contribution in [0, 0.1) is 0 Å². The topological polar surface area (TPSA) is 32.9 Å². The number of hydrogen-bond donors (Lipinski definition) is 1. The quantitative estimate of drug-likeness (QED) is 0.825. The van der Waals surface area contributed by atoms with Crippen molar-refractivity contribution in [1.29, 1.82) is 0 Å². The molecule has 0 aliphatic rings. The monoisotopic (exact) mass is 271 g/mol. The maximum atomic E-state index is 12.4. The van der Waals surface area contributed by atoms with Gasteiger partial charge in [0.05, 0.1) is 5.88 Å². The van der Waals surface area contributed by atoms with Crippen molar-refractivity contribution in [2.75, 3.05) is 0 Å². The highest BCUT2D eigenvalue weighted by molar-refractivity contribution is 9.10. The summed E-state index contributed by atoms with van der Waals surface area (Å²) in [7, 11) is 0. The molecule has 1 aromatic heterocycles. The van der Waals surface area contributed by atoms with Crippen LogP contribution in [0.4, 0.5) is 8.78 Å². The molecule has 0 radical (unpaired) electrons. The van der Waals surface area contributed by atoms with Crippen molar-refractivity contribution in [2.24, 2.45) is 0 Å². The summed E-state index contributed by atoms with van der Waals surface area (Å²) in [4.78, 5) is 13.3. The standard InChI is InChI=1S/C7H5BrClF2NO/c8-4-2-12-7(13)3(1-9)5(4)6(10)11/h2,6H,1H2,(H,12,13). The molecule has 1 N–H and O–H groups in total. The van der Waals surface area contributed by atoms with Crippen molar-refractivity contribution in [2.45, 2.75) is 12.3 Å². The van der Waals surface area contributed by atoms with Crippen LogP contribution in [-0.4, -0.2) is 4.98 Å². The number of pyridine rings is 1. The first-order chi connectivity index (χ1) is 6.07. The summed E-state index contributed by atoms with van der Waals surface area (Å²) in [6.45, 7) is 0. The van der Waals surface area contributed by atoms with E-state index in [0.717, 1.165) is 0 Å². The smallest absolute Gasteiger partial charge is 0.265 e. The summed E-state index contributed by atoms with van der Waals surface area (Å²) in [5, 5.41) is 0. The summed E-state index contributed by atoms with van der Waals surface area (Å²) in [6.07, 6.45) is -1.52. The lowest BCUT2D eigenvalue weighted by Crippen LogP contribution is -2.14. The highest BCUT2D eigenvalue weighted by Crippen LogP contribution is 2.28. The van der Waals surface area contributed by atoms with Crippen molar-refractivity contribution in [3.63, 3.8) is 0 Å². The fourth-order valence-corrected chi connectivity index (χ4v) is 1.72. The lowest BCUT2D eigenvalue weighted by Gasteiger charge is -2.06. The zero-order valence-corrected chi connectivity index (χ0v) is 8.62. The van der Waals surface area contributed by atoms with Gasteiger partial charge < -0.3 is 4.98 Å². The second kappa shape index (κ2) is 4.19. The number of hydrogen-bond acceptors (Lipinski definition) is 1. The molecular weight excluding hydrogens is 267 g/mol. The Morgan fingerprint density at radius 3 is 2.62 bits per heavy atom. The zero-order valence-electron chi connectivity index (χ0n) is 6.28. The number of nitrogens with one attached hydrogen (secondary N) is 1. The van der Waals surface area contributed by atoms with Crippen molar-refractivity contribution < 1.29 is 8.78 Å². The third kappa shape index (κ3) is 2.08. The summed E-state index contributed by atoms with van der Waals surface area (Å²) in [6, 6.07) is 0. The molecule has 0 bridgehead atoms. The Bertz CT molecular complexity index is 366. The molecule has 0 fully saturated rings. The molecule has 0 amide bonds. The van der Waals surface area contributed by atoms with E-state index in [1.54, 1.807) is 0 Å². The van der Waals surface area contributed by atoms with Gasteiger partial charge in [-0.2, -0.15) is 0 Å². The molecule has 72 valence electrons. The summed E-state index contributed by atoms with van der Waals surface area (Å²) in [5.74, 6) is -0.228. The number of aromatic amines is 1. The molecule has 1 aromatic rings. The van der Waals surface area contributed by atoms with E-state index in [4.69, 9.17) is 11.6 Å². The van der Waals surface area contributed by atoms with Crippen LogP contribution in [0.25, 0.3) is 0 Å². The second-order valence-electron chi connectivity index (χ2n) is 2.29. The van der Waals surface area contributed by atoms with Gasteiger partial charge >= 0.3 is 0 Å². The molecule has 0 spiro atoms. The van der Waals surface area contributed by atoms with Crippen LogP contribution in [0.1, 0.15) is 17.6 Å². The minimum atomic E-state index is -2.70. The average molecular weight is 272 g/mol. The van der Waals surface area contributed by atoms with Gasteiger partial charge in [-0.15, -0.1) is 11.6 Å². The van der Waals surface area contributed by atoms with Gasteiger partial charge in [-0.3, -0.25) is 4.79 Å². The molecular formula is C7H5BrClF2NO. The lowest BCUT2D eigenvalue weighted by molar-refractivity contribution is 0.149. The molecule has 6 heteroatoms. The number of alkyl halides is 3. The highest BCUT2D eigenvalue weighted by atomic mass is 79.9. The van der Waals surface area contributed by atoms with E-state index >= 15 is 0 Å². The molecule has 0 aliphatic carbocycles. The molecule has 0 aliphatic heterocycles. The van der Waals surface area contributed by atoms with Crippen molar-refractivity contribution in [3.8, 4) is 0 Å². The predicted octanol–water partition coefficient (Wildman–Crippen LogP) is 2.81. The van der Waals surface area contributed by atoms with E-state index in [9.17, 15) is 13.6 Å². The summed E-state index contributed by atoms with van der Waals surface area (Å²) >= 11 is 8.29. The highest BCUT2D eigenvalue weighted by Gasteiger charge is 2.18. The third-order valence-corrected chi connectivity index (χ3v) is 2.46. The van der Waals surface area contributed by atoms with Gasteiger partial charge in [0.1, 0.15) is 0 Å². The van der Waals surface area contributed by atoms with Crippen molar-refractivity contribution >= 4 is 27.5 Å². The number of H-pyrrole nitrogens is 1. The number of rotatable bonds is 2. The normalized spacial score (nSPS) is 10.8. The minimum Gasteiger partial charge on any atom is -0.328 e. The van der Waals surface area contributed by atoms with E-state index in [0.29, 0.717) is 0 Å². The van der Waals surface area contributed by atoms with E-state index in [2.05, 4.69) is 20.9 Å². The van der Waals surface area contributed by atoms with Crippen molar-refractivity contribution in [3.05, 3.63) is 32.2 Å². The second-order valence-corrected chi connectivity index (χ2v) is 3.41. The first kappa shape index (κ1) is 10.7. The first-order valence-electron chi connectivity index (χ1n) is 3.32. The van der Waals surface area contributed by atoms with Gasteiger partial charge in [-0.1, -0.05) is 0 Å². The maximum absolute atomic E-state index is 12.4. The molecule has 1 rings (SSSR count). The van der Waals surface area contributed by atoms with Gasteiger partial charge in [-0.05, 0) is 15.9 Å². The van der Waals surface area contributed by atoms with E-state index in [-0.39, 0.29) is 21.5 Å². The van der Waals surface area contributed by atoms with E-state index < -0.39 is 12.0 Å². The lowest BCUT2D eigenvalue weighted by atomic mass is 10.1. The van der Waals surface area contributed by atoms with Gasteiger partial charge in [0.2, 0.25) is 0 Å². The third-order valence-electron chi connectivity index (χ3n) is 1.54. The van der Waals surface area contributed by atoms with Gasteiger partial charge in [0, 0.05) is 21.8 Å². The fourth-order valence-electron chi connectivity index (χ4n) is 0.929. The molecule has 0 atom stereocenters. The Morgan fingerprint density at radius 1 is 1.62 bits per heavy atom. The molecule has 1 heterocycles. The van der Waals surface area contributed by atoms with Gasteiger partial charge in [0.25, 0.3) is 12.0 Å². The van der Waals surface area contributed by atoms with Gasteiger partial charge in [-0.25, -0.2) is 8.78 Å². The van der Waals surface area contributed by atoms with Crippen LogP contribution in [0.2, 0.25) is 0 Å². The van der Waals surface area contributed by atoms with E-state index in [1.165, 1.54) is 6.20 Å². The molecule has 0 aromatic carbocycles. The van der Waals surface area contributed by atoms with E-state index in [1.807, 2.05) is 0 Å². The Morgan fingerprint density at radius 2 is 2.23 bits per heavy atom. The summed E-state index contributed by atoms with van der Waals surface area (Å²) in [5.41, 5.74) is -1.00.